The zero-order valence-electron chi connectivity index (χ0n) is 11.0. The van der Waals surface area contributed by atoms with E-state index in [0.717, 1.165) is 50.7 Å². The Morgan fingerprint density at radius 2 is 1.89 bits per heavy atom. The van der Waals surface area contributed by atoms with Crippen molar-refractivity contribution in [1.82, 2.24) is 10.6 Å². The minimum Gasteiger partial charge on any atom is -0.383 e. The molecule has 18 heavy (non-hydrogen) atoms. The van der Waals surface area contributed by atoms with Crippen molar-refractivity contribution in [3.8, 4) is 0 Å². The Balaban J connectivity index is 1.92. The fourth-order valence-electron chi connectivity index (χ4n) is 1.69. The van der Waals surface area contributed by atoms with Crippen molar-refractivity contribution in [3.63, 3.8) is 0 Å². The van der Waals surface area contributed by atoms with Crippen LogP contribution in [0.3, 0.4) is 0 Å². The lowest BCUT2D eigenvalue weighted by Gasteiger charge is -2.06. The van der Waals surface area contributed by atoms with Gasteiger partial charge in [0, 0.05) is 18.7 Å². The van der Waals surface area contributed by atoms with E-state index in [9.17, 15) is 0 Å². The molecule has 0 heterocycles. The van der Waals surface area contributed by atoms with Crippen LogP contribution in [0.4, 0.5) is 0 Å². The lowest BCUT2D eigenvalue weighted by Crippen LogP contribution is -2.25. The number of hydrogen-bond acceptors (Lipinski definition) is 3. The zero-order chi connectivity index (χ0) is 13.1. The van der Waals surface area contributed by atoms with Crippen LogP contribution in [0, 0.1) is 0 Å². The highest BCUT2D eigenvalue weighted by molar-refractivity contribution is 6.30. The molecule has 2 N–H and O–H groups in total. The van der Waals surface area contributed by atoms with Gasteiger partial charge < -0.3 is 15.4 Å². The summed E-state index contributed by atoms with van der Waals surface area (Å²) in [6, 6.07) is 8.04. The molecule has 3 nitrogen and oxygen atoms in total. The van der Waals surface area contributed by atoms with E-state index in [0.29, 0.717) is 0 Å². The lowest BCUT2D eigenvalue weighted by molar-refractivity contribution is 0.199. The Morgan fingerprint density at radius 1 is 1.11 bits per heavy atom. The molecule has 0 spiro atoms. The Labute approximate surface area is 115 Å². The van der Waals surface area contributed by atoms with Gasteiger partial charge in [0.25, 0.3) is 0 Å². The molecule has 0 radical (unpaired) electrons. The van der Waals surface area contributed by atoms with Crippen LogP contribution >= 0.6 is 11.6 Å². The van der Waals surface area contributed by atoms with E-state index < -0.39 is 0 Å². The summed E-state index contributed by atoms with van der Waals surface area (Å²) >= 11 is 5.93. The van der Waals surface area contributed by atoms with Crippen molar-refractivity contribution in [3.05, 3.63) is 34.9 Å². The molecule has 102 valence electrons. The van der Waals surface area contributed by atoms with Crippen molar-refractivity contribution in [1.29, 1.82) is 0 Å². The molecular formula is C14H23ClN2O. The first-order valence-electron chi connectivity index (χ1n) is 6.48. The Bertz CT molecular complexity index is 320. The summed E-state index contributed by atoms with van der Waals surface area (Å²) in [5, 5.41) is 7.56. The SMILES string of the molecule is COCCNCCCNCCc1cccc(Cl)c1. The Hall–Kier alpha value is -0.610. The third kappa shape index (κ3) is 7.67. The molecule has 0 saturated heterocycles. The third-order valence-corrected chi connectivity index (χ3v) is 2.90. The van der Waals surface area contributed by atoms with Gasteiger partial charge in [-0.05, 0) is 50.2 Å². The van der Waals surface area contributed by atoms with Crippen LogP contribution in [-0.2, 0) is 11.2 Å². The normalized spacial score (nSPS) is 10.8. The van der Waals surface area contributed by atoms with Crippen molar-refractivity contribution >= 4 is 11.6 Å². The number of ether oxygens (including phenoxy) is 1. The summed E-state index contributed by atoms with van der Waals surface area (Å²) in [5.74, 6) is 0. The third-order valence-electron chi connectivity index (χ3n) is 2.67. The highest BCUT2D eigenvalue weighted by Gasteiger charge is 1.94. The lowest BCUT2D eigenvalue weighted by atomic mass is 10.1. The number of rotatable bonds is 10. The molecule has 4 heteroatoms. The maximum absolute atomic E-state index is 5.93. The van der Waals surface area contributed by atoms with Gasteiger partial charge in [0.2, 0.25) is 0 Å². The maximum atomic E-state index is 5.93. The van der Waals surface area contributed by atoms with Crippen LogP contribution in [0.15, 0.2) is 24.3 Å². The molecule has 0 aromatic heterocycles. The highest BCUT2D eigenvalue weighted by atomic mass is 35.5. The molecule has 0 aliphatic rings. The van der Waals surface area contributed by atoms with Gasteiger partial charge >= 0.3 is 0 Å². The monoisotopic (exact) mass is 270 g/mol. The highest BCUT2D eigenvalue weighted by Crippen LogP contribution is 2.10. The molecule has 0 amide bonds. The summed E-state index contributed by atoms with van der Waals surface area (Å²) in [7, 11) is 1.72. The number of halogens is 1. The minimum atomic E-state index is 0.780. The van der Waals surface area contributed by atoms with Gasteiger partial charge in [-0.15, -0.1) is 0 Å². The first kappa shape index (κ1) is 15.4. The molecule has 1 aromatic rings. The second-order valence-electron chi connectivity index (χ2n) is 4.23. The average Bonchev–Trinajstić information content (AvgIpc) is 2.37. The van der Waals surface area contributed by atoms with Crippen molar-refractivity contribution in [2.75, 3.05) is 39.9 Å². The van der Waals surface area contributed by atoms with Crippen LogP contribution in [0.1, 0.15) is 12.0 Å². The molecule has 1 rings (SSSR count). The molecule has 0 aliphatic heterocycles. The van der Waals surface area contributed by atoms with Crippen molar-refractivity contribution in [2.45, 2.75) is 12.8 Å². The van der Waals surface area contributed by atoms with Crippen LogP contribution in [0.5, 0.6) is 0 Å². The molecule has 0 saturated carbocycles. The summed E-state index contributed by atoms with van der Waals surface area (Å²) in [6.45, 7) is 4.79. The van der Waals surface area contributed by atoms with Gasteiger partial charge in [0.15, 0.2) is 0 Å². The van der Waals surface area contributed by atoms with E-state index in [-0.39, 0.29) is 0 Å². The predicted octanol–water partition coefficient (Wildman–Crippen LogP) is 2.10. The molecule has 0 unspecified atom stereocenters. The Morgan fingerprint density at radius 3 is 2.61 bits per heavy atom. The van der Waals surface area contributed by atoms with Gasteiger partial charge in [0.05, 0.1) is 6.61 Å². The van der Waals surface area contributed by atoms with Crippen LogP contribution in [0.2, 0.25) is 5.02 Å². The van der Waals surface area contributed by atoms with E-state index in [2.05, 4.69) is 16.7 Å². The number of hydrogen-bond donors (Lipinski definition) is 2. The van der Waals surface area contributed by atoms with E-state index in [1.54, 1.807) is 7.11 Å². The van der Waals surface area contributed by atoms with Crippen LogP contribution < -0.4 is 10.6 Å². The van der Waals surface area contributed by atoms with Crippen molar-refractivity contribution < 1.29 is 4.74 Å². The van der Waals surface area contributed by atoms with E-state index in [1.807, 2.05) is 18.2 Å². The largest absolute Gasteiger partial charge is 0.383 e. The predicted molar refractivity (Wildman–Crippen MR) is 77.4 cm³/mol. The molecule has 1 aromatic carbocycles. The Kier molecular flexibility index (Phi) is 8.86. The van der Waals surface area contributed by atoms with Gasteiger partial charge in [-0.1, -0.05) is 23.7 Å². The fraction of sp³-hybridized carbons (Fsp3) is 0.571. The molecule has 0 bridgehead atoms. The topological polar surface area (TPSA) is 33.3 Å². The average molecular weight is 271 g/mol. The number of methoxy groups -OCH3 is 1. The fourth-order valence-corrected chi connectivity index (χ4v) is 1.90. The van der Waals surface area contributed by atoms with Gasteiger partial charge in [-0.25, -0.2) is 0 Å². The molecular weight excluding hydrogens is 248 g/mol. The first-order chi connectivity index (χ1) is 8.83. The minimum absolute atomic E-state index is 0.780. The quantitative estimate of drug-likeness (QED) is 0.639. The van der Waals surface area contributed by atoms with Crippen LogP contribution in [-0.4, -0.2) is 39.9 Å². The molecule has 0 fully saturated rings. The van der Waals surface area contributed by atoms with E-state index in [4.69, 9.17) is 16.3 Å². The van der Waals surface area contributed by atoms with Gasteiger partial charge in [-0.3, -0.25) is 0 Å². The van der Waals surface area contributed by atoms with E-state index >= 15 is 0 Å². The van der Waals surface area contributed by atoms with Gasteiger partial charge in [0.1, 0.15) is 0 Å². The summed E-state index contributed by atoms with van der Waals surface area (Å²) < 4.78 is 4.96. The maximum Gasteiger partial charge on any atom is 0.0587 e. The molecule has 0 aliphatic carbocycles. The number of nitrogens with one attached hydrogen (secondary N) is 2. The first-order valence-corrected chi connectivity index (χ1v) is 6.85. The summed E-state index contributed by atoms with van der Waals surface area (Å²) in [5.41, 5.74) is 1.29. The van der Waals surface area contributed by atoms with Crippen LogP contribution in [0.25, 0.3) is 0 Å². The summed E-state index contributed by atoms with van der Waals surface area (Å²) in [4.78, 5) is 0. The number of benzene rings is 1. The summed E-state index contributed by atoms with van der Waals surface area (Å²) in [6.07, 6.45) is 2.16. The van der Waals surface area contributed by atoms with Crippen molar-refractivity contribution in [2.24, 2.45) is 0 Å². The zero-order valence-corrected chi connectivity index (χ0v) is 11.8. The van der Waals surface area contributed by atoms with E-state index in [1.165, 1.54) is 5.56 Å². The second-order valence-corrected chi connectivity index (χ2v) is 4.66. The smallest absolute Gasteiger partial charge is 0.0587 e. The molecule has 0 atom stereocenters. The second kappa shape index (κ2) is 10.3. The standard InChI is InChI=1S/C14H23ClN2O/c1-18-11-10-17-8-3-7-16-9-6-13-4-2-5-14(15)12-13/h2,4-5,12,16-17H,3,6-11H2,1H3. The van der Waals surface area contributed by atoms with Gasteiger partial charge in [-0.2, -0.15) is 0 Å².